The Morgan fingerprint density at radius 2 is 1.67 bits per heavy atom. The first kappa shape index (κ1) is 29.6. The van der Waals surface area contributed by atoms with Crippen molar-refractivity contribution in [1.82, 2.24) is 14.8 Å². The highest BCUT2D eigenvalue weighted by Gasteiger charge is 2.36. The summed E-state index contributed by atoms with van der Waals surface area (Å²) in [5.74, 6) is -0.0424. The van der Waals surface area contributed by atoms with Gasteiger partial charge in [0.15, 0.2) is 0 Å². The van der Waals surface area contributed by atoms with Crippen molar-refractivity contribution in [2.75, 3.05) is 13.1 Å². The molecule has 4 aromatic rings. The van der Waals surface area contributed by atoms with Crippen LogP contribution in [0.3, 0.4) is 0 Å². The molecule has 224 valence electrons. The molecular weight excluding hydrogens is 561 g/mol. The van der Waals surface area contributed by atoms with Crippen molar-refractivity contribution in [1.29, 1.82) is 0 Å². The molecule has 3 aromatic carbocycles. The molecular formula is C36H39ClFN3O2. The van der Waals surface area contributed by atoms with E-state index in [1.54, 1.807) is 22.8 Å². The number of nitrogens with one attached hydrogen (secondary N) is 1. The molecule has 0 unspecified atom stereocenters. The van der Waals surface area contributed by atoms with Gasteiger partial charge in [0.05, 0.1) is 22.0 Å². The smallest absolute Gasteiger partial charge is 0.264 e. The highest BCUT2D eigenvalue weighted by atomic mass is 35.5. The number of para-hydroxylation sites is 1. The van der Waals surface area contributed by atoms with E-state index in [4.69, 9.17) is 11.6 Å². The van der Waals surface area contributed by atoms with E-state index >= 15 is 0 Å². The average molecular weight is 600 g/mol. The van der Waals surface area contributed by atoms with E-state index in [1.165, 1.54) is 12.1 Å². The van der Waals surface area contributed by atoms with Gasteiger partial charge >= 0.3 is 0 Å². The molecule has 1 amide bonds. The van der Waals surface area contributed by atoms with Gasteiger partial charge < -0.3 is 5.32 Å². The standard InChI is InChI=1S/C36H39ClFN3O2/c1-36(2,3)40-19-17-23(18-20-40)21-30-32(34(42)39-33(24-15-16-24)25-9-7-10-26(38)22-25)28-13-8-14-29(37)31(28)35(43)41(30)27-11-5-4-6-12-27/h4-14,22-24,33H,15-21H2,1-3H3,(H,39,42)/t33-/m0/s1. The number of carbonyl (C=O) groups excluding carboxylic acids is 1. The van der Waals surface area contributed by atoms with Crippen molar-refractivity contribution in [3.63, 3.8) is 0 Å². The normalized spacial score (nSPS) is 17.2. The molecule has 1 N–H and O–H groups in total. The Balaban J connectivity index is 1.50. The van der Waals surface area contributed by atoms with Crippen molar-refractivity contribution < 1.29 is 9.18 Å². The van der Waals surface area contributed by atoms with Crippen LogP contribution < -0.4 is 10.9 Å². The first-order valence-electron chi connectivity index (χ1n) is 15.3. The van der Waals surface area contributed by atoms with Gasteiger partial charge in [-0.3, -0.25) is 19.1 Å². The summed E-state index contributed by atoms with van der Waals surface area (Å²) >= 11 is 6.69. The second-order valence-electron chi connectivity index (χ2n) is 13.1. The average Bonchev–Trinajstić information content (AvgIpc) is 3.82. The number of nitrogens with zero attached hydrogens (tertiary/aromatic N) is 2. The first-order valence-corrected chi connectivity index (χ1v) is 15.7. The fraction of sp³-hybridized carbons (Fsp3) is 0.389. The molecule has 0 spiro atoms. The lowest BCUT2D eigenvalue weighted by Gasteiger charge is -2.41. The number of piperidine rings is 1. The molecule has 7 heteroatoms. The highest BCUT2D eigenvalue weighted by Crippen LogP contribution is 2.42. The van der Waals surface area contributed by atoms with E-state index < -0.39 is 0 Å². The van der Waals surface area contributed by atoms with Crippen LogP contribution in [0.2, 0.25) is 5.02 Å². The molecule has 1 saturated carbocycles. The number of hydrogen-bond donors (Lipinski definition) is 1. The number of rotatable bonds is 7. The maximum Gasteiger partial charge on any atom is 0.264 e. The van der Waals surface area contributed by atoms with Gasteiger partial charge in [0.2, 0.25) is 0 Å². The minimum absolute atomic E-state index is 0.0938. The summed E-state index contributed by atoms with van der Waals surface area (Å²) in [6.07, 6.45) is 4.47. The van der Waals surface area contributed by atoms with Crippen molar-refractivity contribution >= 4 is 28.3 Å². The van der Waals surface area contributed by atoms with Crippen LogP contribution in [-0.4, -0.2) is 34.0 Å². The van der Waals surface area contributed by atoms with Crippen LogP contribution in [0, 0.1) is 17.7 Å². The van der Waals surface area contributed by atoms with Crippen molar-refractivity contribution in [2.45, 2.75) is 64.5 Å². The summed E-state index contributed by atoms with van der Waals surface area (Å²) in [5, 5.41) is 4.48. The largest absolute Gasteiger partial charge is 0.345 e. The number of pyridine rings is 1. The minimum Gasteiger partial charge on any atom is -0.345 e. The number of aromatic nitrogens is 1. The summed E-state index contributed by atoms with van der Waals surface area (Å²) in [5.41, 5.74) is 2.50. The number of carbonyl (C=O) groups is 1. The van der Waals surface area contributed by atoms with Crippen molar-refractivity contribution in [3.05, 3.63) is 111 Å². The van der Waals surface area contributed by atoms with Crippen LogP contribution >= 0.6 is 11.6 Å². The van der Waals surface area contributed by atoms with Gasteiger partial charge in [-0.2, -0.15) is 0 Å². The van der Waals surface area contributed by atoms with Crippen LogP contribution in [0.15, 0.2) is 77.6 Å². The zero-order chi connectivity index (χ0) is 30.3. The summed E-state index contributed by atoms with van der Waals surface area (Å²) in [7, 11) is 0. The Labute approximate surface area is 257 Å². The minimum atomic E-state index is -0.324. The van der Waals surface area contributed by atoms with E-state index in [2.05, 4.69) is 31.0 Å². The maximum absolute atomic E-state index is 14.5. The summed E-state index contributed by atoms with van der Waals surface area (Å²) < 4.78 is 16.0. The summed E-state index contributed by atoms with van der Waals surface area (Å²) in [6.45, 7) is 8.66. The van der Waals surface area contributed by atoms with Gasteiger partial charge in [0.1, 0.15) is 5.82 Å². The van der Waals surface area contributed by atoms with Gasteiger partial charge in [0, 0.05) is 22.3 Å². The van der Waals surface area contributed by atoms with Crippen molar-refractivity contribution in [3.8, 4) is 5.69 Å². The molecule has 2 heterocycles. The fourth-order valence-electron chi connectivity index (χ4n) is 6.65. The molecule has 0 bridgehead atoms. The molecule has 1 aromatic heterocycles. The van der Waals surface area contributed by atoms with Crippen LogP contribution in [0.1, 0.15) is 74.1 Å². The first-order chi connectivity index (χ1) is 20.6. The second-order valence-corrected chi connectivity index (χ2v) is 13.5. The lowest BCUT2D eigenvalue weighted by Crippen LogP contribution is -2.46. The molecule has 1 aliphatic carbocycles. The molecule has 1 saturated heterocycles. The number of benzene rings is 3. The molecule has 1 atom stereocenters. The quantitative estimate of drug-likeness (QED) is 0.237. The van der Waals surface area contributed by atoms with E-state index in [1.807, 2.05) is 42.5 Å². The zero-order valence-corrected chi connectivity index (χ0v) is 25.8. The summed E-state index contributed by atoms with van der Waals surface area (Å²) in [4.78, 5) is 31.3. The Morgan fingerprint density at radius 1 is 0.977 bits per heavy atom. The Kier molecular flexibility index (Phi) is 8.18. The number of hydrogen-bond acceptors (Lipinski definition) is 3. The molecule has 1 aliphatic heterocycles. The van der Waals surface area contributed by atoms with Gasteiger partial charge in [-0.05, 0) is 114 Å². The molecule has 0 radical (unpaired) electrons. The predicted octanol–water partition coefficient (Wildman–Crippen LogP) is 7.72. The third-order valence-corrected chi connectivity index (χ3v) is 9.45. The Hall–Kier alpha value is -3.48. The molecule has 5 nitrogen and oxygen atoms in total. The fourth-order valence-corrected chi connectivity index (χ4v) is 6.90. The van der Waals surface area contributed by atoms with E-state index in [0.29, 0.717) is 45.1 Å². The van der Waals surface area contributed by atoms with Crippen LogP contribution in [0.5, 0.6) is 0 Å². The van der Waals surface area contributed by atoms with Crippen LogP contribution in [0.4, 0.5) is 4.39 Å². The molecule has 6 rings (SSSR count). The zero-order valence-electron chi connectivity index (χ0n) is 25.1. The topological polar surface area (TPSA) is 54.3 Å². The predicted molar refractivity (Wildman–Crippen MR) is 172 cm³/mol. The SMILES string of the molecule is CC(C)(C)N1CCC(Cc2c(C(=O)N[C@H](c3cccc(F)c3)C3CC3)c3cccc(Cl)c3c(=O)n2-c2ccccc2)CC1. The van der Waals surface area contributed by atoms with Gasteiger partial charge in [-0.1, -0.05) is 54.1 Å². The molecule has 2 fully saturated rings. The lowest BCUT2D eigenvalue weighted by molar-refractivity contribution is 0.0868. The van der Waals surface area contributed by atoms with Crippen molar-refractivity contribution in [2.24, 2.45) is 11.8 Å². The Morgan fingerprint density at radius 3 is 2.33 bits per heavy atom. The van der Waals surface area contributed by atoms with Gasteiger partial charge in [-0.15, -0.1) is 0 Å². The van der Waals surface area contributed by atoms with E-state index in [0.717, 1.165) is 44.3 Å². The highest BCUT2D eigenvalue weighted by molar-refractivity contribution is 6.36. The molecule has 43 heavy (non-hydrogen) atoms. The number of likely N-dealkylation sites (tertiary alicyclic amines) is 1. The lowest BCUT2D eigenvalue weighted by atomic mass is 9.87. The van der Waals surface area contributed by atoms with Gasteiger partial charge in [-0.25, -0.2) is 4.39 Å². The van der Waals surface area contributed by atoms with E-state index in [-0.39, 0.29) is 34.8 Å². The number of amides is 1. The number of halogens is 2. The van der Waals surface area contributed by atoms with E-state index in [9.17, 15) is 14.0 Å². The summed E-state index contributed by atoms with van der Waals surface area (Å²) in [6, 6.07) is 21.0. The third kappa shape index (κ3) is 6.13. The second kappa shape index (κ2) is 11.9. The monoisotopic (exact) mass is 599 g/mol. The molecule has 2 aliphatic rings. The van der Waals surface area contributed by atoms with Gasteiger partial charge in [0.25, 0.3) is 11.5 Å². The van der Waals surface area contributed by atoms with Crippen LogP contribution in [-0.2, 0) is 6.42 Å². The van der Waals surface area contributed by atoms with Crippen LogP contribution in [0.25, 0.3) is 16.5 Å². The Bertz CT molecular complexity index is 1700. The third-order valence-electron chi connectivity index (χ3n) is 9.13. The maximum atomic E-state index is 14.5. The number of fused-ring (bicyclic) bond motifs is 1.